The van der Waals surface area contributed by atoms with Crippen molar-refractivity contribution >= 4 is 11.7 Å². The fourth-order valence-corrected chi connectivity index (χ4v) is 1.19. The minimum absolute atomic E-state index is 0.0372. The first-order valence-electron chi connectivity index (χ1n) is 3.47. The first kappa shape index (κ1) is 7.25. The van der Waals surface area contributed by atoms with Crippen LogP contribution in [0.15, 0.2) is 0 Å². The van der Waals surface area contributed by atoms with E-state index in [2.05, 4.69) is 5.32 Å². The maximum absolute atomic E-state index is 10.8. The molecule has 3 nitrogen and oxygen atoms in total. The molecule has 10 heavy (non-hydrogen) atoms. The molecule has 1 N–H and O–H groups in total. The van der Waals surface area contributed by atoms with Crippen LogP contribution in [0.4, 0.5) is 0 Å². The molecule has 0 saturated carbocycles. The Bertz CT molecular complexity index is 165. The van der Waals surface area contributed by atoms with Gasteiger partial charge in [0.2, 0.25) is 5.91 Å². The Kier molecular flexibility index (Phi) is 2.04. The third-order valence-electron chi connectivity index (χ3n) is 1.70. The predicted octanol–water partition coefficient (Wildman–Crippen LogP) is 0.102. The molecule has 1 amide bonds. The average Bonchev–Trinajstić information content (AvgIpc) is 2.15. The lowest BCUT2D eigenvalue weighted by atomic mass is 10.0. The second kappa shape index (κ2) is 2.82. The quantitative estimate of drug-likeness (QED) is 0.593. The molecular weight excluding hydrogens is 130 g/mol. The Morgan fingerprint density at radius 2 is 2.50 bits per heavy atom. The van der Waals surface area contributed by atoms with E-state index in [4.69, 9.17) is 0 Å². The minimum Gasteiger partial charge on any atom is -0.356 e. The predicted molar refractivity (Wildman–Crippen MR) is 36.4 cm³/mol. The van der Waals surface area contributed by atoms with Crippen LogP contribution < -0.4 is 5.32 Å². The van der Waals surface area contributed by atoms with Gasteiger partial charge < -0.3 is 10.1 Å². The van der Waals surface area contributed by atoms with E-state index in [-0.39, 0.29) is 17.6 Å². The Morgan fingerprint density at radius 3 is 2.90 bits per heavy atom. The van der Waals surface area contributed by atoms with Gasteiger partial charge in [-0.1, -0.05) is 0 Å². The van der Waals surface area contributed by atoms with Crippen LogP contribution in [0.3, 0.4) is 0 Å². The number of amides is 1. The van der Waals surface area contributed by atoms with Gasteiger partial charge in [0.25, 0.3) is 0 Å². The van der Waals surface area contributed by atoms with Gasteiger partial charge in [0, 0.05) is 18.9 Å². The molecule has 0 aliphatic carbocycles. The fraction of sp³-hybridized carbons (Fsp3) is 0.714. The molecule has 1 saturated heterocycles. The van der Waals surface area contributed by atoms with Crippen LogP contribution in [0.5, 0.6) is 0 Å². The molecule has 0 unspecified atom stereocenters. The van der Waals surface area contributed by atoms with E-state index >= 15 is 0 Å². The highest BCUT2D eigenvalue weighted by molar-refractivity contribution is 5.86. The number of nitrogens with one attached hydrogen (secondary N) is 1. The second-order valence-corrected chi connectivity index (χ2v) is 2.68. The standard InChI is InChI=1S/C7H11NO2/c1-5(9)4-6-2-3-8-7(6)10/h6H,2-4H2,1H3,(H,8,10)/t6-/m1/s1. The number of Topliss-reactive ketones (excluding diaryl/α,β-unsaturated/α-hetero) is 1. The Balaban J connectivity index is 2.40. The van der Waals surface area contributed by atoms with Gasteiger partial charge in [-0.3, -0.25) is 4.79 Å². The summed E-state index contributed by atoms with van der Waals surface area (Å²) in [4.78, 5) is 21.4. The smallest absolute Gasteiger partial charge is 0.223 e. The number of ketones is 1. The lowest BCUT2D eigenvalue weighted by molar-refractivity contribution is -0.126. The topological polar surface area (TPSA) is 46.2 Å². The maximum atomic E-state index is 10.8. The van der Waals surface area contributed by atoms with E-state index in [9.17, 15) is 9.59 Å². The molecular formula is C7H11NO2. The van der Waals surface area contributed by atoms with Crippen LogP contribution in [0.2, 0.25) is 0 Å². The molecule has 1 atom stereocenters. The fourth-order valence-electron chi connectivity index (χ4n) is 1.19. The SMILES string of the molecule is CC(=O)C[C@H]1CCNC1=O. The molecule has 56 valence electrons. The minimum atomic E-state index is -0.0440. The van der Waals surface area contributed by atoms with Gasteiger partial charge in [-0.05, 0) is 13.3 Å². The van der Waals surface area contributed by atoms with E-state index in [1.54, 1.807) is 0 Å². The molecule has 0 bridgehead atoms. The van der Waals surface area contributed by atoms with Gasteiger partial charge in [-0.15, -0.1) is 0 Å². The van der Waals surface area contributed by atoms with Crippen molar-refractivity contribution in [3.05, 3.63) is 0 Å². The molecule has 3 heteroatoms. The molecule has 0 aromatic heterocycles. The van der Waals surface area contributed by atoms with E-state index in [1.165, 1.54) is 6.92 Å². The summed E-state index contributed by atoms with van der Waals surface area (Å²) in [5.41, 5.74) is 0. The van der Waals surface area contributed by atoms with Crippen LogP contribution in [0.25, 0.3) is 0 Å². The average molecular weight is 141 g/mol. The van der Waals surface area contributed by atoms with Gasteiger partial charge in [-0.2, -0.15) is 0 Å². The molecule has 0 aromatic rings. The number of rotatable bonds is 2. The molecule has 0 spiro atoms. The van der Waals surface area contributed by atoms with Crippen molar-refractivity contribution in [3.8, 4) is 0 Å². The van der Waals surface area contributed by atoms with Gasteiger partial charge in [0.15, 0.2) is 0 Å². The van der Waals surface area contributed by atoms with Crippen LogP contribution in [0, 0.1) is 5.92 Å². The summed E-state index contributed by atoms with van der Waals surface area (Å²) in [6, 6.07) is 0. The lowest BCUT2D eigenvalue weighted by Crippen LogP contribution is -2.20. The van der Waals surface area contributed by atoms with Gasteiger partial charge in [0.1, 0.15) is 5.78 Å². The lowest BCUT2D eigenvalue weighted by Gasteiger charge is -2.00. The first-order chi connectivity index (χ1) is 4.70. The second-order valence-electron chi connectivity index (χ2n) is 2.68. The van der Waals surface area contributed by atoms with Crippen molar-refractivity contribution in [2.24, 2.45) is 5.92 Å². The van der Waals surface area contributed by atoms with Crippen molar-refractivity contribution in [3.63, 3.8) is 0 Å². The largest absolute Gasteiger partial charge is 0.356 e. The van der Waals surface area contributed by atoms with Crippen LogP contribution >= 0.6 is 0 Å². The summed E-state index contributed by atoms with van der Waals surface area (Å²) in [6.45, 7) is 2.25. The number of hydrogen-bond acceptors (Lipinski definition) is 2. The van der Waals surface area contributed by atoms with Crippen LogP contribution in [-0.2, 0) is 9.59 Å². The molecule has 0 radical (unpaired) electrons. The Labute approximate surface area is 59.8 Å². The summed E-state index contributed by atoms with van der Waals surface area (Å²) < 4.78 is 0. The maximum Gasteiger partial charge on any atom is 0.223 e. The molecule has 0 aromatic carbocycles. The Hall–Kier alpha value is -0.860. The molecule has 1 aliphatic heterocycles. The molecule has 1 fully saturated rings. The van der Waals surface area contributed by atoms with E-state index in [0.717, 1.165) is 13.0 Å². The molecule has 1 aliphatic rings. The highest BCUT2D eigenvalue weighted by Gasteiger charge is 2.24. The van der Waals surface area contributed by atoms with Crippen LogP contribution in [-0.4, -0.2) is 18.2 Å². The summed E-state index contributed by atoms with van der Waals surface area (Å²) in [6.07, 6.45) is 1.23. The summed E-state index contributed by atoms with van der Waals surface area (Å²) >= 11 is 0. The zero-order valence-electron chi connectivity index (χ0n) is 6.02. The third-order valence-corrected chi connectivity index (χ3v) is 1.70. The van der Waals surface area contributed by atoms with Crippen molar-refractivity contribution in [2.45, 2.75) is 19.8 Å². The first-order valence-corrected chi connectivity index (χ1v) is 3.47. The normalized spacial score (nSPS) is 24.5. The van der Waals surface area contributed by atoms with Gasteiger partial charge in [0.05, 0.1) is 0 Å². The third kappa shape index (κ3) is 1.56. The van der Waals surface area contributed by atoms with E-state index in [0.29, 0.717) is 6.42 Å². The van der Waals surface area contributed by atoms with Crippen molar-refractivity contribution in [1.82, 2.24) is 5.32 Å². The highest BCUT2D eigenvalue weighted by atomic mass is 16.2. The zero-order valence-corrected chi connectivity index (χ0v) is 6.02. The van der Waals surface area contributed by atoms with Gasteiger partial charge in [-0.25, -0.2) is 0 Å². The summed E-state index contributed by atoms with van der Waals surface area (Å²) in [7, 11) is 0. The van der Waals surface area contributed by atoms with Crippen molar-refractivity contribution < 1.29 is 9.59 Å². The number of carbonyl (C=O) groups excluding carboxylic acids is 2. The zero-order chi connectivity index (χ0) is 7.56. The van der Waals surface area contributed by atoms with Crippen molar-refractivity contribution in [2.75, 3.05) is 6.54 Å². The molecule has 1 heterocycles. The summed E-state index contributed by atoms with van der Waals surface area (Å²) in [5.74, 6) is 0.0924. The number of carbonyl (C=O) groups is 2. The summed E-state index contributed by atoms with van der Waals surface area (Å²) in [5, 5.41) is 2.68. The van der Waals surface area contributed by atoms with Crippen molar-refractivity contribution in [1.29, 1.82) is 0 Å². The number of hydrogen-bond donors (Lipinski definition) is 1. The monoisotopic (exact) mass is 141 g/mol. The van der Waals surface area contributed by atoms with Crippen LogP contribution in [0.1, 0.15) is 19.8 Å². The molecule has 1 rings (SSSR count). The Morgan fingerprint density at radius 1 is 1.80 bits per heavy atom. The highest BCUT2D eigenvalue weighted by Crippen LogP contribution is 2.13. The van der Waals surface area contributed by atoms with E-state index < -0.39 is 0 Å². The van der Waals surface area contributed by atoms with Gasteiger partial charge >= 0.3 is 0 Å². The van der Waals surface area contributed by atoms with E-state index in [1.807, 2.05) is 0 Å².